The zero-order valence-corrected chi connectivity index (χ0v) is 13.2. The van der Waals surface area contributed by atoms with E-state index in [0.29, 0.717) is 6.54 Å². The number of rotatable bonds is 3. The molecule has 1 aliphatic rings. The fourth-order valence-electron chi connectivity index (χ4n) is 2.65. The van der Waals surface area contributed by atoms with Gasteiger partial charge in [-0.25, -0.2) is 4.98 Å². The predicted molar refractivity (Wildman–Crippen MR) is 80.0 cm³/mol. The highest BCUT2D eigenvalue weighted by Crippen LogP contribution is 2.26. The van der Waals surface area contributed by atoms with Gasteiger partial charge in [-0.15, -0.1) is 11.3 Å². The molecule has 0 aliphatic heterocycles. The van der Waals surface area contributed by atoms with Gasteiger partial charge in [-0.1, -0.05) is 0 Å². The summed E-state index contributed by atoms with van der Waals surface area (Å²) in [6.45, 7) is 2.41. The second kappa shape index (κ2) is 5.21. The normalized spacial score (nSPS) is 14.4. The van der Waals surface area contributed by atoms with Crippen molar-refractivity contribution in [3.8, 4) is 0 Å². The zero-order valence-electron chi connectivity index (χ0n) is 10.8. The number of ketones is 1. The molecule has 0 spiro atoms. The molecule has 2 aromatic rings. The molecule has 100 valence electrons. The van der Waals surface area contributed by atoms with Crippen molar-refractivity contribution in [3.63, 3.8) is 0 Å². The third-order valence-corrected chi connectivity index (χ3v) is 5.47. The summed E-state index contributed by atoms with van der Waals surface area (Å²) in [7, 11) is 0. The lowest BCUT2D eigenvalue weighted by Gasteiger charge is -2.14. The van der Waals surface area contributed by atoms with Gasteiger partial charge in [0.1, 0.15) is 5.82 Å². The molecule has 3 rings (SSSR count). The van der Waals surface area contributed by atoms with Crippen molar-refractivity contribution in [2.45, 2.75) is 39.2 Å². The van der Waals surface area contributed by atoms with Crippen molar-refractivity contribution in [1.29, 1.82) is 0 Å². The number of nitrogens with zero attached hydrogens (tertiary/aromatic N) is 2. The van der Waals surface area contributed by atoms with Gasteiger partial charge in [0, 0.05) is 10.2 Å². The van der Waals surface area contributed by atoms with Gasteiger partial charge < -0.3 is 4.57 Å². The smallest absolute Gasteiger partial charge is 0.193 e. The lowest BCUT2D eigenvalue weighted by Crippen LogP contribution is -2.15. The molecule has 0 atom stereocenters. The lowest BCUT2D eigenvalue weighted by molar-refractivity contribution is 0.0973. The molecule has 19 heavy (non-hydrogen) atoms. The Morgan fingerprint density at radius 3 is 3.00 bits per heavy atom. The molecule has 0 saturated carbocycles. The van der Waals surface area contributed by atoms with Crippen molar-refractivity contribution in [3.05, 3.63) is 38.0 Å². The first-order chi connectivity index (χ1) is 9.16. The summed E-state index contributed by atoms with van der Waals surface area (Å²) in [5.74, 6) is 1.13. The number of carbonyl (C=O) groups excluding carboxylic acids is 1. The molecule has 0 bridgehead atoms. The van der Waals surface area contributed by atoms with Gasteiger partial charge in [0.25, 0.3) is 0 Å². The van der Waals surface area contributed by atoms with Crippen LogP contribution in [0.25, 0.3) is 0 Å². The average molecular weight is 339 g/mol. The Kier molecular flexibility index (Phi) is 3.58. The Labute approximate surface area is 124 Å². The van der Waals surface area contributed by atoms with Crippen LogP contribution in [0.5, 0.6) is 0 Å². The minimum absolute atomic E-state index is 0.163. The second-order valence-corrected chi connectivity index (χ2v) is 6.64. The van der Waals surface area contributed by atoms with E-state index in [-0.39, 0.29) is 5.78 Å². The summed E-state index contributed by atoms with van der Waals surface area (Å²) in [6.07, 6.45) is 4.53. The minimum Gasteiger partial charge on any atom is -0.324 e. The standard InChI is InChI=1S/C14H15BrN2OS/c1-9-16-11-4-2-3-5-12(11)17(9)8-13(18)14-10(15)6-7-19-14/h6-7H,2-5,8H2,1H3. The SMILES string of the molecule is Cc1nc2c(n1CC(=O)c1sccc1Br)CCCC2. The molecule has 0 unspecified atom stereocenters. The average Bonchev–Trinajstić information content (AvgIpc) is 2.94. The van der Waals surface area contributed by atoms with E-state index < -0.39 is 0 Å². The largest absolute Gasteiger partial charge is 0.324 e. The second-order valence-electron chi connectivity index (χ2n) is 4.87. The quantitative estimate of drug-likeness (QED) is 0.798. The molecule has 0 amide bonds. The fourth-order valence-corrected chi connectivity index (χ4v) is 4.18. The molecule has 0 N–H and O–H groups in total. The number of carbonyl (C=O) groups is 1. The van der Waals surface area contributed by atoms with Crippen LogP contribution in [-0.2, 0) is 19.4 Å². The topological polar surface area (TPSA) is 34.9 Å². The van der Waals surface area contributed by atoms with E-state index in [1.54, 1.807) is 0 Å². The fraction of sp³-hybridized carbons (Fsp3) is 0.429. The first-order valence-electron chi connectivity index (χ1n) is 6.48. The Hall–Kier alpha value is -0.940. The van der Waals surface area contributed by atoms with Gasteiger partial charge in [0.15, 0.2) is 5.78 Å². The van der Waals surface area contributed by atoms with Crippen molar-refractivity contribution in [2.75, 3.05) is 0 Å². The Bertz CT molecular complexity index is 629. The first-order valence-corrected chi connectivity index (χ1v) is 8.15. The number of imidazole rings is 1. The third kappa shape index (κ3) is 2.41. The summed E-state index contributed by atoms with van der Waals surface area (Å²) in [6, 6.07) is 1.92. The molecular formula is C14H15BrN2OS. The Balaban J connectivity index is 1.90. The van der Waals surface area contributed by atoms with Gasteiger partial charge in [-0.3, -0.25) is 4.79 Å². The van der Waals surface area contributed by atoms with Crippen molar-refractivity contribution >= 4 is 33.0 Å². The highest BCUT2D eigenvalue weighted by molar-refractivity contribution is 9.10. The zero-order chi connectivity index (χ0) is 13.4. The van der Waals surface area contributed by atoms with Gasteiger partial charge in [0.2, 0.25) is 0 Å². The van der Waals surface area contributed by atoms with E-state index in [2.05, 4.69) is 25.5 Å². The van der Waals surface area contributed by atoms with Crippen molar-refractivity contribution in [1.82, 2.24) is 9.55 Å². The van der Waals surface area contributed by atoms with Crippen LogP contribution in [0.1, 0.15) is 39.7 Å². The summed E-state index contributed by atoms with van der Waals surface area (Å²) in [5.41, 5.74) is 2.46. The van der Waals surface area contributed by atoms with Crippen LogP contribution in [0, 0.1) is 6.92 Å². The maximum Gasteiger partial charge on any atom is 0.193 e. The first kappa shape index (κ1) is 13.1. The molecule has 5 heteroatoms. The van der Waals surface area contributed by atoms with Crippen LogP contribution in [0.4, 0.5) is 0 Å². The van der Waals surface area contributed by atoms with Gasteiger partial charge in [-0.2, -0.15) is 0 Å². The van der Waals surface area contributed by atoms with E-state index in [1.807, 2.05) is 18.4 Å². The van der Waals surface area contributed by atoms with Crippen LogP contribution in [0.2, 0.25) is 0 Å². The maximum atomic E-state index is 12.4. The van der Waals surface area contributed by atoms with E-state index in [9.17, 15) is 4.79 Å². The number of fused-ring (bicyclic) bond motifs is 1. The predicted octanol–water partition coefficient (Wildman–Crippen LogP) is 3.78. The maximum absolute atomic E-state index is 12.4. The number of hydrogen-bond donors (Lipinski definition) is 0. The summed E-state index contributed by atoms with van der Waals surface area (Å²) >= 11 is 4.92. The third-order valence-electron chi connectivity index (χ3n) is 3.60. The van der Waals surface area contributed by atoms with Crippen LogP contribution in [0.15, 0.2) is 15.9 Å². The molecule has 0 radical (unpaired) electrons. The minimum atomic E-state index is 0.163. The highest BCUT2D eigenvalue weighted by atomic mass is 79.9. The number of thiophene rings is 1. The van der Waals surface area contributed by atoms with Crippen LogP contribution in [0.3, 0.4) is 0 Å². The van der Waals surface area contributed by atoms with E-state index in [1.165, 1.54) is 35.6 Å². The molecule has 0 fully saturated rings. The van der Waals surface area contributed by atoms with E-state index in [4.69, 9.17) is 0 Å². The summed E-state index contributed by atoms with van der Waals surface area (Å²) < 4.78 is 3.00. The number of halogens is 1. The summed E-state index contributed by atoms with van der Waals surface area (Å²) in [4.78, 5) is 17.8. The number of aromatic nitrogens is 2. The Morgan fingerprint density at radius 2 is 2.26 bits per heavy atom. The number of hydrogen-bond acceptors (Lipinski definition) is 3. The molecule has 3 nitrogen and oxygen atoms in total. The van der Waals surface area contributed by atoms with Crippen molar-refractivity contribution < 1.29 is 4.79 Å². The number of aryl methyl sites for hydroxylation is 2. The van der Waals surface area contributed by atoms with Gasteiger partial charge >= 0.3 is 0 Å². The van der Waals surface area contributed by atoms with Gasteiger partial charge in [-0.05, 0) is 60.0 Å². The molecule has 1 aliphatic carbocycles. The lowest BCUT2D eigenvalue weighted by atomic mass is 10.0. The van der Waals surface area contributed by atoms with Gasteiger partial charge in [0.05, 0.1) is 17.1 Å². The monoisotopic (exact) mass is 338 g/mol. The van der Waals surface area contributed by atoms with Crippen LogP contribution < -0.4 is 0 Å². The van der Waals surface area contributed by atoms with Crippen LogP contribution >= 0.6 is 27.3 Å². The molecule has 0 aromatic carbocycles. The van der Waals surface area contributed by atoms with Crippen molar-refractivity contribution in [2.24, 2.45) is 0 Å². The van der Waals surface area contributed by atoms with E-state index >= 15 is 0 Å². The summed E-state index contributed by atoms with van der Waals surface area (Å²) in [5, 5.41) is 1.94. The molecule has 2 aromatic heterocycles. The highest BCUT2D eigenvalue weighted by Gasteiger charge is 2.21. The molecule has 0 saturated heterocycles. The molecular weight excluding hydrogens is 324 g/mol. The number of Topliss-reactive ketones (excluding diaryl/α,β-unsaturated/α-hetero) is 1. The van der Waals surface area contributed by atoms with E-state index in [0.717, 1.165) is 28.0 Å². The van der Waals surface area contributed by atoms with Crippen LogP contribution in [-0.4, -0.2) is 15.3 Å². The molecule has 2 heterocycles. The Morgan fingerprint density at radius 1 is 1.47 bits per heavy atom.